The molecule has 24 heavy (non-hydrogen) atoms. The van der Waals surface area contributed by atoms with Crippen LogP contribution in [-0.4, -0.2) is 29.9 Å². The van der Waals surface area contributed by atoms with E-state index in [0.717, 1.165) is 5.56 Å². The molecule has 0 saturated carbocycles. The van der Waals surface area contributed by atoms with Gasteiger partial charge in [-0.15, -0.1) is 0 Å². The fourth-order valence-electron chi connectivity index (χ4n) is 2.18. The molecule has 6 nitrogen and oxygen atoms in total. The van der Waals surface area contributed by atoms with Crippen molar-refractivity contribution in [2.45, 2.75) is 11.3 Å². The Morgan fingerprint density at radius 1 is 1.04 bits per heavy atom. The molecule has 0 aliphatic heterocycles. The van der Waals surface area contributed by atoms with Crippen LogP contribution in [0.4, 0.5) is 10.2 Å². The van der Waals surface area contributed by atoms with Crippen LogP contribution in [0.5, 0.6) is 0 Å². The van der Waals surface area contributed by atoms with Crippen molar-refractivity contribution in [1.29, 1.82) is 0 Å². The number of hydrogen-bond acceptors (Lipinski definition) is 4. The molecule has 3 rings (SSSR count). The summed E-state index contributed by atoms with van der Waals surface area (Å²) in [4.78, 5) is 4.24. The summed E-state index contributed by atoms with van der Waals surface area (Å²) in [7, 11) is -3.78. The maximum atomic E-state index is 12.5. The lowest BCUT2D eigenvalue weighted by Crippen LogP contribution is -2.16. The number of aromatic nitrogens is 3. The van der Waals surface area contributed by atoms with E-state index in [9.17, 15) is 12.8 Å². The molecule has 0 unspecified atom stereocenters. The van der Waals surface area contributed by atoms with Crippen molar-refractivity contribution in [3.8, 4) is 5.82 Å². The van der Waals surface area contributed by atoms with E-state index in [1.54, 1.807) is 42.6 Å². The van der Waals surface area contributed by atoms with Crippen LogP contribution in [0.2, 0.25) is 0 Å². The van der Waals surface area contributed by atoms with Crippen molar-refractivity contribution in [2.75, 3.05) is 11.4 Å². The number of pyridine rings is 1. The van der Waals surface area contributed by atoms with Gasteiger partial charge in [-0.2, -0.15) is 9.78 Å². The number of sulfonamides is 1. The third-order valence-electron chi connectivity index (χ3n) is 3.36. The van der Waals surface area contributed by atoms with E-state index in [1.165, 1.54) is 23.0 Å². The van der Waals surface area contributed by atoms with E-state index < -0.39 is 16.7 Å². The zero-order valence-corrected chi connectivity index (χ0v) is 13.4. The molecule has 124 valence electrons. The van der Waals surface area contributed by atoms with Crippen molar-refractivity contribution in [2.24, 2.45) is 0 Å². The smallest absolute Gasteiger partial charge is 0.263 e. The Labute approximate surface area is 139 Å². The molecule has 0 atom stereocenters. The highest BCUT2D eigenvalue weighted by Crippen LogP contribution is 2.18. The van der Waals surface area contributed by atoms with Crippen molar-refractivity contribution in [3.63, 3.8) is 0 Å². The fraction of sp³-hybridized carbons (Fsp3) is 0.125. The molecule has 3 aromatic rings. The van der Waals surface area contributed by atoms with Gasteiger partial charge in [0.1, 0.15) is 5.82 Å². The zero-order chi connectivity index (χ0) is 17.0. The predicted molar refractivity (Wildman–Crippen MR) is 88.3 cm³/mol. The minimum atomic E-state index is -3.78. The van der Waals surface area contributed by atoms with Gasteiger partial charge in [-0.25, -0.2) is 13.4 Å². The molecule has 2 heterocycles. The first kappa shape index (κ1) is 16.1. The molecule has 0 aliphatic rings. The summed E-state index contributed by atoms with van der Waals surface area (Å²) < 4.78 is 41.2. The quantitative estimate of drug-likeness (QED) is 0.744. The predicted octanol–water partition coefficient (Wildman–Crippen LogP) is 2.58. The third kappa shape index (κ3) is 3.43. The molecular weight excluding hydrogens is 331 g/mol. The van der Waals surface area contributed by atoms with Gasteiger partial charge >= 0.3 is 0 Å². The molecule has 1 N–H and O–H groups in total. The first-order valence-corrected chi connectivity index (χ1v) is 8.71. The van der Waals surface area contributed by atoms with Gasteiger partial charge in [0, 0.05) is 18.7 Å². The second-order valence-corrected chi connectivity index (χ2v) is 6.69. The van der Waals surface area contributed by atoms with Gasteiger partial charge in [-0.3, -0.25) is 9.11 Å². The summed E-state index contributed by atoms with van der Waals surface area (Å²) in [6, 6.07) is 12.9. The van der Waals surface area contributed by atoms with Crippen molar-refractivity contribution >= 4 is 15.8 Å². The van der Waals surface area contributed by atoms with Crippen LogP contribution in [-0.2, 0) is 16.4 Å². The second-order valence-electron chi connectivity index (χ2n) is 5.00. The Hall–Kier alpha value is -2.74. The SMILES string of the molecule is O=S(=O)(Nc1ccnn1-c1ccccn1)c1ccc(CCF)cc1. The van der Waals surface area contributed by atoms with Gasteiger partial charge in [-0.1, -0.05) is 18.2 Å². The molecule has 1 aromatic carbocycles. The first-order valence-electron chi connectivity index (χ1n) is 7.23. The van der Waals surface area contributed by atoms with Crippen LogP contribution >= 0.6 is 0 Å². The topological polar surface area (TPSA) is 76.9 Å². The fourth-order valence-corrected chi connectivity index (χ4v) is 3.23. The first-order chi connectivity index (χ1) is 11.6. The third-order valence-corrected chi connectivity index (χ3v) is 4.74. The molecule has 0 aliphatic carbocycles. The van der Waals surface area contributed by atoms with Gasteiger partial charge in [0.2, 0.25) is 0 Å². The number of aryl methyl sites for hydroxylation is 1. The summed E-state index contributed by atoms with van der Waals surface area (Å²) in [5.41, 5.74) is 0.745. The number of halogens is 1. The van der Waals surface area contributed by atoms with Crippen LogP contribution in [0, 0.1) is 0 Å². The summed E-state index contributed by atoms with van der Waals surface area (Å²) in [5, 5.41) is 4.09. The van der Waals surface area contributed by atoms with Gasteiger partial charge in [0.15, 0.2) is 5.82 Å². The number of benzene rings is 1. The zero-order valence-electron chi connectivity index (χ0n) is 12.6. The maximum absolute atomic E-state index is 12.5. The average molecular weight is 346 g/mol. The number of hydrogen-bond donors (Lipinski definition) is 1. The van der Waals surface area contributed by atoms with E-state index in [4.69, 9.17) is 0 Å². The number of nitrogens with zero attached hydrogens (tertiary/aromatic N) is 3. The van der Waals surface area contributed by atoms with Crippen molar-refractivity contribution < 1.29 is 12.8 Å². The molecule has 0 fully saturated rings. The van der Waals surface area contributed by atoms with Crippen LogP contribution < -0.4 is 4.72 Å². The standard InChI is InChI=1S/C16H15FN4O2S/c17-10-8-13-4-6-14(7-5-13)24(22,23)20-16-9-12-19-21(16)15-3-1-2-11-18-15/h1-7,9,11-12,20H,8,10H2. The van der Waals surface area contributed by atoms with E-state index in [0.29, 0.717) is 5.82 Å². The van der Waals surface area contributed by atoms with Crippen molar-refractivity contribution in [1.82, 2.24) is 14.8 Å². The minimum absolute atomic E-state index is 0.0962. The van der Waals surface area contributed by atoms with Gasteiger partial charge < -0.3 is 0 Å². The van der Waals surface area contributed by atoms with E-state index in [2.05, 4.69) is 14.8 Å². The van der Waals surface area contributed by atoms with Crippen LogP contribution in [0.25, 0.3) is 5.82 Å². The van der Waals surface area contributed by atoms with Crippen LogP contribution in [0.3, 0.4) is 0 Å². The molecule has 2 aromatic heterocycles. The highest BCUT2D eigenvalue weighted by molar-refractivity contribution is 7.92. The van der Waals surface area contributed by atoms with Gasteiger partial charge in [0.05, 0.1) is 17.8 Å². The minimum Gasteiger partial charge on any atom is -0.263 e. The molecule has 0 spiro atoms. The molecule has 0 bridgehead atoms. The monoisotopic (exact) mass is 346 g/mol. The lowest BCUT2D eigenvalue weighted by molar-refractivity contribution is 0.495. The Morgan fingerprint density at radius 2 is 1.83 bits per heavy atom. The van der Waals surface area contributed by atoms with Gasteiger partial charge in [0.25, 0.3) is 10.0 Å². The number of rotatable bonds is 6. The Balaban J connectivity index is 1.87. The normalized spacial score (nSPS) is 11.4. The largest absolute Gasteiger partial charge is 0.263 e. The number of alkyl halides is 1. The van der Waals surface area contributed by atoms with Crippen LogP contribution in [0.1, 0.15) is 5.56 Å². The average Bonchev–Trinajstić information content (AvgIpc) is 3.04. The molecule has 0 radical (unpaired) electrons. The summed E-state index contributed by atoms with van der Waals surface area (Å²) in [5.74, 6) is 0.778. The summed E-state index contributed by atoms with van der Waals surface area (Å²) >= 11 is 0. The lowest BCUT2D eigenvalue weighted by atomic mass is 10.2. The summed E-state index contributed by atoms with van der Waals surface area (Å²) in [6.07, 6.45) is 3.34. The van der Waals surface area contributed by atoms with E-state index in [1.807, 2.05) is 0 Å². The van der Waals surface area contributed by atoms with Crippen LogP contribution in [0.15, 0.2) is 65.8 Å². The van der Waals surface area contributed by atoms with E-state index >= 15 is 0 Å². The summed E-state index contributed by atoms with van der Waals surface area (Å²) in [6.45, 7) is -0.479. The molecule has 0 amide bonds. The van der Waals surface area contributed by atoms with Gasteiger partial charge in [-0.05, 0) is 29.8 Å². The Morgan fingerprint density at radius 3 is 2.50 bits per heavy atom. The molecule has 8 heteroatoms. The maximum Gasteiger partial charge on any atom is 0.263 e. The molecular formula is C16H15FN4O2S. The van der Waals surface area contributed by atoms with E-state index in [-0.39, 0.29) is 17.1 Å². The lowest BCUT2D eigenvalue weighted by Gasteiger charge is -2.10. The van der Waals surface area contributed by atoms with Crippen molar-refractivity contribution in [3.05, 3.63) is 66.5 Å². The highest BCUT2D eigenvalue weighted by Gasteiger charge is 2.17. The number of nitrogens with one attached hydrogen (secondary N) is 1. The second kappa shape index (κ2) is 6.79. The molecule has 0 saturated heterocycles. The Bertz CT molecular complexity index is 909. The Kier molecular flexibility index (Phi) is 4.57. The highest BCUT2D eigenvalue weighted by atomic mass is 32.2. The number of anilines is 1.